The molecule has 0 radical (unpaired) electrons. The lowest BCUT2D eigenvalue weighted by atomic mass is 10.2. The first-order valence-electron chi connectivity index (χ1n) is 4.52. The maximum absolute atomic E-state index is 11.3. The molecule has 0 aliphatic carbocycles. The highest BCUT2D eigenvalue weighted by atomic mass is 79.9. The van der Waals surface area contributed by atoms with Gasteiger partial charge in [0.15, 0.2) is 0 Å². The lowest BCUT2D eigenvalue weighted by molar-refractivity contribution is 0.244. The molecule has 2 unspecified atom stereocenters. The molecule has 1 rings (SSSR count). The van der Waals surface area contributed by atoms with Gasteiger partial charge in [0.25, 0.3) is 0 Å². The molecule has 1 saturated heterocycles. The zero-order valence-corrected chi connectivity index (χ0v) is 10.4. The molecule has 0 saturated carbocycles. The maximum Gasteiger partial charge on any atom is 0.0362 e. The van der Waals surface area contributed by atoms with Crippen molar-refractivity contribution in [2.45, 2.75) is 19.4 Å². The van der Waals surface area contributed by atoms with Crippen LogP contribution in [0.1, 0.15) is 13.3 Å². The van der Waals surface area contributed by atoms with E-state index in [1.807, 2.05) is 0 Å². The second kappa shape index (κ2) is 5.27. The molecule has 0 aromatic rings. The summed E-state index contributed by atoms with van der Waals surface area (Å²) < 4.78 is 12.3. The summed E-state index contributed by atoms with van der Waals surface area (Å²) in [5.74, 6) is 1.66. The zero-order valence-electron chi connectivity index (χ0n) is 7.96. The molecule has 1 fully saturated rings. The minimum absolute atomic E-state index is 0.528. The van der Waals surface area contributed by atoms with Crippen LogP contribution >= 0.6 is 15.9 Å². The van der Waals surface area contributed by atoms with Crippen molar-refractivity contribution >= 4 is 26.7 Å². The van der Waals surface area contributed by atoms with Crippen molar-refractivity contribution in [2.75, 3.05) is 24.6 Å². The first-order chi connectivity index (χ1) is 6.09. The summed E-state index contributed by atoms with van der Waals surface area (Å²) in [6.07, 6.45) is 1.03. The molecule has 0 spiro atoms. The fourth-order valence-corrected chi connectivity index (χ4v) is 3.05. The van der Waals surface area contributed by atoms with Crippen LogP contribution < -0.4 is 0 Å². The zero-order chi connectivity index (χ0) is 9.84. The third-order valence-corrected chi connectivity index (χ3v) is 3.95. The fraction of sp³-hybridized carbons (Fsp3) is 0.778. The van der Waals surface area contributed by atoms with Gasteiger partial charge in [0, 0.05) is 45.9 Å². The van der Waals surface area contributed by atoms with Gasteiger partial charge in [0.1, 0.15) is 0 Å². The van der Waals surface area contributed by atoms with Gasteiger partial charge >= 0.3 is 0 Å². The van der Waals surface area contributed by atoms with Gasteiger partial charge in [-0.25, -0.2) is 0 Å². The normalized spacial score (nSPS) is 31.2. The second-order valence-electron chi connectivity index (χ2n) is 3.47. The van der Waals surface area contributed by atoms with Gasteiger partial charge in [0.05, 0.1) is 0 Å². The lowest BCUT2D eigenvalue weighted by Crippen LogP contribution is -2.34. The number of nitrogens with zero attached hydrogens (tertiary/aromatic N) is 1. The molecular formula is C9H16BrNOS. The average Bonchev–Trinajstić information content (AvgIpc) is 2.19. The molecule has 0 N–H and O–H groups in total. The Balaban J connectivity index is 2.51. The summed E-state index contributed by atoms with van der Waals surface area (Å²) in [5.41, 5.74) is 0. The van der Waals surface area contributed by atoms with Crippen LogP contribution in [0.25, 0.3) is 0 Å². The molecule has 13 heavy (non-hydrogen) atoms. The first kappa shape index (κ1) is 11.4. The Bertz CT molecular complexity index is 220. The minimum atomic E-state index is -0.600. The average molecular weight is 266 g/mol. The number of hydrogen-bond acceptors (Lipinski definition) is 2. The van der Waals surface area contributed by atoms with E-state index in [-0.39, 0.29) is 0 Å². The van der Waals surface area contributed by atoms with Gasteiger partial charge in [-0.2, -0.15) is 0 Å². The van der Waals surface area contributed by atoms with E-state index < -0.39 is 10.8 Å². The van der Waals surface area contributed by atoms with E-state index in [1.165, 1.54) is 0 Å². The Morgan fingerprint density at radius 2 is 2.38 bits per heavy atom. The molecule has 4 heteroatoms. The molecule has 1 aliphatic rings. The molecule has 2 nitrogen and oxygen atoms in total. The summed E-state index contributed by atoms with van der Waals surface area (Å²) in [6, 6.07) is 0.528. The maximum atomic E-state index is 11.3. The third-order valence-electron chi connectivity index (χ3n) is 2.37. The standard InChI is InChI=1S/C9H16BrNOS/c1-8(10)7-11-4-6-13(12)5-3-9(11)2/h9H,1,3-7H2,2H3. The van der Waals surface area contributed by atoms with Crippen LogP contribution in [0, 0.1) is 0 Å². The Labute approximate surface area is 91.0 Å². The van der Waals surface area contributed by atoms with E-state index in [0.29, 0.717) is 6.04 Å². The number of halogens is 1. The third kappa shape index (κ3) is 3.92. The molecule has 0 bridgehead atoms. The summed E-state index contributed by atoms with van der Waals surface area (Å²) in [5, 5.41) is 0. The van der Waals surface area contributed by atoms with Crippen LogP contribution in [0.2, 0.25) is 0 Å². The summed E-state index contributed by atoms with van der Waals surface area (Å²) in [4.78, 5) is 2.34. The van der Waals surface area contributed by atoms with Crippen LogP contribution in [0.5, 0.6) is 0 Å². The largest absolute Gasteiger partial charge is 0.295 e. The van der Waals surface area contributed by atoms with Crippen LogP contribution in [0.15, 0.2) is 11.1 Å². The van der Waals surface area contributed by atoms with Crippen molar-refractivity contribution in [3.8, 4) is 0 Å². The molecule has 0 aromatic heterocycles. The van der Waals surface area contributed by atoms with Gasteiger partial charge < -0.3 is 0 Å². The van der Waals surface area contributed by atoms with Gasteiger partial charge in [-0.1, -0.05) is 22.5 Å². The highest BCUT2D eigenvalue weighted by molar-refractivity contribution is 9.11. The Morgan fingerprint density at radius 3 is 3.00 bits per heavy atom. The van der Waals surface area contributed by atoms with E-state index in [2.05, 4.69) is 34.3 Å². The smallest absolute Gasteiger partial charge is 0.0362 e. The van der Waals surface area contributed by atoms with E-state index in [1.54, 1.807) is 0 Å². The van der Waals surface area contributed by atoms with Gasteiger partial charge in [-0.3, -0.25) is 9.11 Å². The molecule has 0 aromatic carbocycles. The molecule has 76 valence electrons. The molecule has 1 heterocycles. The van der Waals surface area contributed by atoms with Crippen molar-refractivity contribution in [3.05, 3.63) is 11.1 Å². The highest BCUT2D eigenvalue weighted by Gasteiger charge is 2.19. The lowest BCUT2D eigenvalue weighted by Gasteiger charge is -2.25. The number of hydrogen-bond donors (Lipinski definition) is 0. The topological polar surface area (TPSA) is 20.3 Å². The SMILES string of the molecule is C=C(Br)CN1CCS(=O)CCC1C. The van der Waals surface area contributed by atoms with Crippen LogP contribution in [-0.4, -0.2) is 39.7 Å². The molecular weight excluding hydrogens is 250 g/mol. The molecule has 1 aliphatic heterocycles. The van der Waals surface area contributed by atoms with E-state index >= 15 is 0 Å². The quantitative estimate of drug-likeness (QED) is 0.758. The summed E-state index contributed by atoms with van der Waals surface area (Å²) >= 11 is 3.37. The van der Waals surface area contributed by atoms with E-state index in [0.717, 1.165) is 35.5 Å². The van der Waals surface area contributed by atoms with Crippen molar-refractivity contribution in [3.63, 3.8) is 0 Å². The highest BCUT2D eigenvalue weighted by Crippen LogP contribution is 2.13. The van der Waals surface area contributed by atoms with Crippen molar-refractivity contribution in [2.24, 2.45) is 0 Å². The molecule has 2 atom stereocenters. The first-order valence-corrected chi connectivity index (χ1v) is 6.80. The predicted molar refractivity (Wildman–Crippen MR) is 61.6 cm³/mol. The van der Waals surface area contributed by atoms with E-state index in [4.69, 9.17) is 0 Å². The summed E-state index contributed by atoms with van der Waals surface area (Å²) in [6.45, 7) is 7.83. The predicted octanol–water partition coefficient (Wildman–Crippen LogP) is 1.74. The van der Waals surface area contributed by atoms with Crippen molar-refractivity contribution < 1.29 is 4.21 Å². The Morgan fingerprint density at radius 1 is 1.69 bits per heavy atom. The fourth-order valence-electron chi connectivity index (χ4n) is 1.48. The Kier molecular flexibility index (Phi) is 4.62. The van der Waals surface area contributed by atoms with Crippen LogP contribution in [0.4, 0.5) is 0 Å². The molecule has 0 amide bonds. The van der Waals surface area contributed by atoms with Crippen molar-refractivity contribution in [1.29, 1.82) is 0 Å². The van der Waals surface area contributed by atoms with E-state index in [9.17, 15) is 4.21 Å². The Hall–Kier alpha value is 0.330. The van der Waals surface area contributed by atoms with Gasteiger partial charge in [-0.05, 0) is 13.3 Å². The summed E-state index contributed by atoms with van der Waals surface area (Å²) in [7, 11) is -0.600. The van der Waals surface area contributed by atoms with Gasteiger partial charge in [0.2, 0.25) is 0 Å². The number of rotatable bonds is 2. The van der Waals surface area contributed by atoms with Crippen LogP contribution in [-0.2, 0) is 10.8 Å². The van der Waals surface area contributed by atoms with Crippen molar-refractivity contribution in [1.82, 2.24) is 4.90 Å². The van der Waals surface area contributed by atoms with Gasteiger partial charge in [-0.15, -0.1) is 0 Å². The minimum Gasteiger partial charge on any atom is -0.295 e. The second-order valence-corrected chi connectivity index (χ2v) is 6.29. The monoisotopic (exact) mass is 265 g/mol. The van der Waals surface area contributed by atoms with Crippen LogP contribution in [0.3, 0.4) is 0 Å².